The van der Waals surface area contributed by atoms with Crippen molar-refractivity contribution < 1.29 is 37.3 Å². The van der Waals surface area contributed by atoms with E-state index in [4.69, 9.17) is 19.4 Å². The number of aromatic nitrogens is 1. The Morgan fingerprint density at radius 3 is 2.72 bits per heavy atom. The molecule has 1 spiro atoms. The Balaban J connectivity index is 0.000000370. The van der Waals surface area contributed by atoms with Crippen molar-refractivity contribution in [2.45, 2.75) is 37.5 Å². The monoisotopic (exact) mass is 418 g/mol. The SMILES string of the molecule is COC[C@H]1CCC[C@]12CN(C(=O)Cc1ccccn1)CCO2.O=C(O)C(F)(F)F. The van der Waals surface area contributed by atoms with Crippen molar-refractivity contribution in [3.05, 3.63) is 30.1 Å². The lowest BCUT2D eigenvalue weighted by molar-refractivity contribution is -0.192. The highest BCUT2D eigenvalue weighted by atomic mass is 19.4. The average Bonchev–Trinajstić information content (AvgIpc) is 3.04. The third kappa shape index (κ3) is 6.40. The summed E-state index contributed by atoms with van der Waals surface area (Å²) in [5, 5.41) is 7.12. The summed E-state index contributed by atoms with van der Waals surface area (Å²) in [6.07, 6.45) is 0.307. The second-order valence-electron chi connectivity index (χ2n) is 7.07. The molecule has 2 aliphatic rings. The van der Waals surface area contributed by atoms with Gasteiger partial charge in [0.2, 0.25) is 5.91 Å². The molecule has 1 amide bonds. The van der Waals surface area contributed by atoms with Gasteiger partial charge in [0.15, 0.2) is 0 Å². The highest BCUT2D eigenvalue weighted by Gasteiger charge is 2.47. The quantitative estimate of drug-likeness (QED) is 0.807. The molecule has 1 N–H and O–H groups in total. The minimum Gasteiger partial charge on any atom is -0.475 e. The molecule has 10 heteroatoms. The van der Waals surface area contributed by atoms with Crippen molar-refractivity contribution in [1.82, 2.24) is 9.88 Å². The molecule has 2 atom stereocenters. The van der Waals surface area contributed by atoms with Crippen LogP contribution in [0.25, 0.3) is 0 Å². The number of morpholine rings is 1. The lowest BCUT2D eigenvalue weighted by atomic mass is 9.89. The van der Waals surface area contributed by atoms with Gasteiger partial charge in [-0.1, -0.05) is 12.5 Å². The smallest absolute Gasteiger partial charge is 0.475 e. The minimum absolute atomic E-state index is 0.143. The molecule has 2 heterocycles. The van der Waals surface area contributed by atoms with Gasteiger partial charge in [-0.15, -0.1) is 0 Å². The highest BCUT2D eigenvalue weighted by Crippen LogP contribution is 2.41. The molecule has 29 heavy (non-hydrogen) atoms. The van der Waals surface area contributed by atoms with Gasteiger partial charge < -0.3 is 19.5 Å². The van der Waals surface area contributed by atoms with Gasteiger partial charge in [-0.2, -0.15) is 13.2 Å². The van der Waals surface area contributed by atoms with E-state index in [9.17, 15) is 18.0 Å². The number of ether oxygens (including phenoxy) is 2. The van der Waals surface area contributed by atoms with Crippen molar-refractivity contribution in [3.8, 4) is 0 Å². The zero-order chi connectivity index (χ0) is 21.5. The fraction of sp³-hybridized carbons (Fsp3) is 0.632. The topological polar surface area (TPSA) is 89.0 Å². The van der Waals surface area contributed by atoms with Crippen molar-refractivity contribution in [2.24, 2.45) is 5.92 Å². The van der Waals surface area contributed by atoms with Gasteiger partial charge in [0, 0.05) is 31.5 Å². The van der Waals surface area contributed by atoms with E-state index >= 15 is 0 Å². The number of aliphatic carboxylic acids is 1. The largest absolute Gasteiger partial charge is 0.490 e. The number of pyridine rings is 1. The summed E-state index contributed by atoms with van der Waals surface area (Å²) in [5.74, 6) is -2.22. The number of carboxylic acid groups (broad SMARTS) is 1. The van der Waals surface area contributed by atoms with Crippen molar-refractivity contribution in [3.63, 3.8) is 0 Å². The van der Waals surface area contributed by atoms with E-state index in [-0.39, 0.29) is 11.5 Å². The molecule has 0 bridgehead atoms. The number of amides is 1. The Kier molecular flexibility index (Phi) is 7.97. The second-order valence-corrected chi connectivity index (χ2v) is 7.07. The number of hydrogen-bond acceptors (Lipinski definition) is 5. The molecule has 7 nitrogen and oxygen atoms in total. The standard InChI is InChI=1S/C17H24N2O3.C2HF3O2/c1-21-12-14-5-4-7-17(14)13-19(9-10-22-17)16(20)11-15-6-2-3-8-18-15;3-2(4,5)1(6)7/h2-3,6,8,14H,4-5,7,9-13H2,1H3;(H,6,7)/t14-,17+;/m1./s1. The molecule has 2 fully saturated rings. The van der Waals surface area contributed by atoms with Crippen LogP contribution in [0.4, 0.5) is 13.2 Å². The Morgan fingerprint density at radius 2 is 2.14 bits per heavy atom. The van der Waals surface area contributed by atoms with Crippen LogP contribution in [0.5, 0.6) is 0 Å². The van der Waals surface area contributed by atoms with E-state index in [1.165, 1.54) is 0 Å². The number of carbonyl (C=O) groups is 2. The van der Waals surface area contributed by atoms with Gasteiger partial charge in [-0.05, 0) is 25.0 Å². The number of carbonyl (C=O) groups excluding carboxylic acids is 1. The lowest BCUT2D eigenvalue weighted by Crippen LogP contribution is -2.56. The lowest BCUT2D eigenvalue weighted by Gasteiger charge is -2.44. The zero-order valence-corrected chi connectivity index (χ0v) is 16.2. The first kappa shape index (κ1) is 23.1. The van der Waals surface area contributed by atoms with E-state index < -0.39 is 12.1 Å². The first-order chi connectivity index (χ1) is 13.7. The van der Waals surface area contributed by atoms with Crippen LogP contribution >= 0.6 is 0 Å². The second kappa shape index (κ2) is 10.0. The Labute approximate surface area is 166 Å². The highest BCUT2D eigenvalue weighted by molar-refractivity contribution is 5.78. The third-order valence-corrected chi connectivity index (χ3v) is 5.13. The summed E-state index contributed by atoms with van der Waals surface area (Å²) < 4.78 is 43.2. The third-order valence-electron chi connectivity index (χ3n) is 5.13. The molecule has 1 saturated carbocycles. The van der Waals surface area contributed by atoms with Crippen LogP contribution in [-0.2, 0) is 25.5 Å². The molecule has 1 aromatic heterocycles. The summed E-state index contributed by atoms with van der Waals surface area (Å²) in [4.78, 5) is 27.7. The number of rotatable bonds is 4. The minimum atomic E-state index is -5.08. The fourth-order valence-electron chi connectivity index (χ4n) is 3.74. The first-order valence-corrected chi connectivity index (χ1v) is 9.28. The average molecular weight is 418 g/mol. The van der Waals surface area contributed by atoms with Gasteiger partial charge in [0.25, 0.3) is 0 Å². The molecule has 162 valence electrons. The van der Waals surface area contributed by atoms with Gasteiger partial charge in [0.1, 0.15) is 0 Å². The van der Waals surface area contributed by atoms with Crippen LogP contribution < -0.4 is 0 Å². The van der Waals surface area contributed by atoms with Crippen LogP contribution in [0.2, 0.25) is 0 Å². The number of alkyl halides is 3. The predicted molar refractivity (Wildman–Crippen MR) is 96.1 cm³/mol. The number of hydrogen-bond donors (Lipinski definition) is 1. The van der Waals surface area contributed by atoms with Crippen molar-refractivity contribution >= 4 is 11.9 Å². The molecule has 3 rings (SSSR count). The van der Waals surface area contributed by atoms with E-state index in [0.29, 0.717) is 38.6 Å². The molecule has 1 aliphatic carbocycles. The van der Waals surface area contributed by atoms with Gasteiger partial charge in [-0.25, -0.2) is 4.79 Å². The van der Waals surface area contributed by atoms with Crippen molar-refractivity contribution in [1.29, 1.82) is 0 Å². The van der Waals surface area contributed by atoms with Crippen LogP contribution in [-0.4, -0.2) is 72.1 Å². The Morgan fingerprint density at radius 1 is 1.41 bits per heavy atom. The van der Waals surface area contributed by atoms with E-state index in [0.717, 1.165) is 25.0 Å². The fourth-order valence-corrected chi connectivity index (χ4v) is 3.74. The number of methoxy groups -OCH3 is 1. The van der Waals surface area contributed by atoms with Crippen LogP contribution in [0, 0.1) is 5.92 Å². The summed E-state index contributed by atoms with van der Waals surface area (Å²) in [7, 11) is 1.73. The number of carboxylic acids is 1. The first-order valence-electron chi connectivity index (χ1n) is 9.28. The van der Waals surface area contributed by atoms with Crippen LogP contribution in [0.15, 0.2) is 24.4 Å². The molecular weight excluding hydrogens is 393 g/mol. The van der Waals surface area contributed by atoms with Gasteiger partial charge in [0.05, 0.1) is 31.8 Å². The molecular formula is C19H25F3N2O5. The number of halogens is 3. The summed E-state index contributed by atoms with van der Waals surface area (Å²) in [6.45, 7) is 2.69. The normalized spacial score (nSPS) is 24.1. The zero-order valence-electron chi connectivity index (χ0n) is 16.2. The van der Waals surface area contributed by atoms with E-state index in [1.54, 1.807) is 13.3 Å². The molecule has 1 aromatic rings. The molecule has 1 saturated heterocycles. The molecule has 0 radical (unpaired) electrons. The van der Waals surface area contributed by atoms with Crippen LogP contribution in [0.3, 0.4) is 0 Å². The van der Waals surface area contributed by atoms with Gasteiger partial charge >= 0.3 is 12.1 Å². The predicted octanol–water partition coefficient (Wildman–Crippen LogP) is 2.30. The molecule has 1 aliphatic heterocycles. The van der Waals surface area contributed by atoms with Crippen LogP contribution in [0.1, 0.15) is 25.0 Å². The summed E-state index contributed by atoms with van der Waals surface area (Å²) in [5.41, 5.74) is 0.626. The molecule has 0 unspecified atom stereocenters. The van der Waals surface area contributed by atoms with Gasteiger partial charge in [-0.3, -0.25) is 9.78 Å². The number of nitrogens with zero attached hydrogens (tertiary/aromatic N) is 2. The maximum Gasteiger partial charge on any atom is 0.490 e. The van der Waals surface area contributed by atoms with E-state index in [1.807, 2.05) is 23.1 Å². The molecule has 0 aromatic carbocycles. The Bertz CT molecular complexity index is 686. The maximum atomic E-state index is 12.6. The summed E-state index contributed by atoms with van der Waals surface area (Å²) in [6, 6.07) is 5.69. The Hall–Kier alpha value is -2.20. The van der Waals surface area contributed by atoms with E-state index in [2.05, 4.69) is 4.98 Å². The maximum absolute atomic E-state index is 12.6. The van der Waals surface area contributed by atoms with Crippen molar-refractivity contribution in [2.75, 3.05) is 33.4 Å². The summed E-state index contributed by atoms with van der Waals surface area (Å²) >= 11 is 0.